The van der Waals surface area contributed by atoms with Gasteiger partial charge < -0.3 is 5.32 Å². The van der Waals surface area contributed by atoms with Crippen LogP contribution in [0.5, 0.6) is 0 Å². The lowest BCUT2D eigenvalue weighted by molar-refractivity contribution is 0.0936. The number of carbonyl (C=O) groups is 1. The second-order valence-electron chi connectivity index (χ2n) is 5.68. The van der Waals surface area contributed by atoms with Gasteiger partial charge in [0.25, 0.3) is 5.91 Å². The van der Waals surface area contributed by atoms with Crippen molar-refractivity contribution in [2.45, 2.75) is 39.0 Å². The second kappa shape index (κ2) is 7.82. The summed E-state index contributed by atoms with van der Waals surface area (Å²) in [4.78, 5) is 12.3. The van der Waals surface area contributed by atoms with E-state index in [0.717, 1.165) is 29.4 Å². The van der Waals surface area contributed by atoms with E-state index in [2.05, 4.69) is 28.2 Å². The van der Waals surface area contributed by atoms with Crippen LogP contribution in [0.1, 0.15) is 48.5 Å². The smallest absolute Gasteiger partial charge is 0.251 e. The van der Waals surface area contributed by atoms with E-state index >= 15 is 0 Å². The standard InChI is InChI=1S/C17H24BrNO/c1-2-13-7-5-6-10-16(13)17(20)19-12-15-9-4-3-8-14(15)11-18/h5-7,10,14-15H,2-4,8-9,11-12H2,1H3,(H,19,20). The zero-order valence-electron chi connectivity index (χ0n) is 12.2. The van der Waals surface area contributed by atoms with Crippen molar-refractivity contribution in [3.8, 4) is 0 Å². The molecule has 0 heterocycles. The number of nitrogens with one attached hydrogen (secondary N) is 1. The Balaban J connectivity index is 1.94. The first-order valence-corrected chi connectivity index (χ1v) is 8.80. The first kappa shape index (κ1) is 15.6. The molecule has 0 spiro atoms. The average Bonchev–Trinajstić information content (AvgIpc) is 2.52. The lowest BCUT2D eigenvalue weighted by Gasteiger charge is -2.30. The molecule has 2 nitrogen and oxygen atoms in total. The van der Waals surface area contributed by atoms with Crippen LogP contribution in [0.15, 0.2) is 24.3 Å². The molecule has 1 aromatic carbocycles. The van der Waals surface area contributed by atoms with Gasteiger partial charge in [0, 0.05) is 17.4 Å². The number of halogens is 1. The molecular formula is C17H24BrNO. The van der Waals surface area contributed by atoms with E-state index in [0.29, 0.717) is 11.8 Å². The Bertz CT molecular complexity index is 446. The number of carbonyl (C=O) groups excluding carboxylic acids is 1. The van der Waals surface area contributed by atoms with Crippen LogP contribution in [0.2, 0.25) is 0 Å². The van der Waals surface area contributed by atoms with Crippen LogP contribution < -0.4 is 5.32 Å². The largest absolute Gasteiger partial charge is 0.352 e. The minimum Gasteiger partial charge on any atom is -0.352 e. The van der Waals surface area contributed by atoms with Gasteiger partial charge in [0.15, 0.2) is 0 Å². The molecule has 1 N–H and O–H groups in total. The third-order valence-corrected chi connectivity index (χ3v) is 5.26. The predicted octanol–water partition coefficient (Wildman–Crippen LogP) is 4.18. The average molecular weight is 338 g/mol. The molecule has 1 saturated carbocycles. The van der Waals surface area contributed by atoms with Crippen molar-refractivity contribution in [2.75, 3.05) is 11.9 Å². The van der Waals surface area contributed by atoms with E-state index in [1.54, 1.807) is 0 Å². The quantitative estimate of drug-likeness (QED) is 0.802. The first-order valence-electron chi connectivity index (χ1n) is 7.68. The monoisotopic (exact) mass is 337 g/mol. The number of rotatable bonds is 5. The number of hydrogen-bond acceptors (Lipinski definition) is 1. The van der Waals surface area contributed by atoms with Gasteiger partial charge in [-0.25, -0.2) is 0 Å². The Morgan fingerprint density at radius 2 is 1.95 bits per heavy atom. The molecule has 0 bridgehead atoms. The summed E-state index contributed by atoms with van der Waals surface area (Å²) in [5.74, 6) is 1.42. The van der Waals surface area contributed by atoms with Gasteiger partial charge in [0.05, 0.1) is 0 Å². The van der Waals surface area contributed by atoms with Crippen molar-refractivity contribution >= 4 is 21.8 Å². The minimum absolute atomic E-state index is 0.0846. The van der Waals surface area contributed by atoms with Gasteiger partial charge in [0.2, 0.25) is 0 Å². The van der Waals surface area contributed by atoms with Gasteiger partial charge in [0.1, 0.15) is 0 Å². The SMILES string of the molecule is CCc1ccccc1C(=O)NCC1CCCCC1CBr. The highest BCUT2D eigenvalue weighted by Crippen LogP contribution is 2.30. The van der Waals surface area contributed by atoms with Crippen LogP contribution in [-0.2, 0) is 6.42 Å². The molecule has 0 radical (unpaired) electrons. The molecule has 0 saturated heterocycles. The third kappa shape index (κ3) is 3.85. The van der Waals surface area contributed by atoms with E-state index in [1.165, 1.54) is 25.7 Å². The molecule has 1 aliphatic carbocycles. The number of alkyl halides is 1. The van der Waals surface area contributed by atoms with E-state index in [9.17, 15) is 4.79 Å². The molecule has 110 valence electrons. The highest BCUT2D eigenvalue weighted by molar-refractivity contribution is 9.09. The van der Waals surface area contributed by atoms with Crippen LogP contribution >= 0.6 is 15.9 Å². The first-order chi connectivity index (χ1) is 9.76. The summed E-state index contributed by atoms with van der Waals surface area (Å²) in [6.07, 6.45) is 6.06. The number of aryl methyl sites for hydroxylation is 1. The van der Waals surface area contributed by atoms with Crippen molar-refractivity contribution in [3.05, 3.63) is 35.4 Å². The fourth-order valence-electron chi connectivity index (χ4n) is 3.13. The molecule has 2 unspecified atom stereocenters. The number of benzene rings is 1. The molecule has 1 aliphatic rings. The lowest BCUT2D eigenvalue weighted by atomic mass is 9.80. The summed E-state index contributed by atoms with van der Waals surface area (Å²) in [5.41, 5.74) is 1.96. The molecule has 3 heteroatoms. The highest BCUT2D eigenvalue weighted by Gasteiger charge is 2.24. The van der Waals surface area contributed by atoms with Crippen LogP contribution in [-0.4, -0.2) is 17.8 Å². The summed E-state index contributed by atoms with van der Waals surface area (Å²) < 4.78 is 0. The highest BCUT2D eigenvalue weighted by atomic mass is 79.9. The molecule has 1 aromatic rings. The number of hydrogen-bond donors (Lipinski definition) is 1. The van der Waals surface area contributed by atoms with Crippen molar-refractivity contribution in [1.82, 2.24) is 5.32 Å². The fraction of sp³-hybridized carbons (Fsp3) is 0.588. The molecule has 0 aromatic heterocycles. The van der Waals surface area contributed by atoms with Gasteiger partial charge in [-0.05, 0) is 42.7 Å². The normalized spacial score (nSPS) is 22.5. The molecule has 2 rings (SSSR count). The van der Waals surface area contributed by atoms with E-state index in [-0.39, 0.29) is 5.91 Å². The second-order valence-corrected chi connectivity index (χ2v) is 6.33. The van der Waals surface area contributed by atoms with Gasteiger partial charge in [-0.2, -0.15) is 0 Å². The topological polar surface area (TPSA) is 29.1 Å². The maximum atomic E-state index is 12.3. The Morgan fingerprint density at radius 3 is 2.65 bits per heavy atom. The van der Waals surface area contributed by atoms with Crippen molar-refractivity contribution < 1.29 is 4.79 Å². The maximum Gasteiger partial charge on any atom is 0.251 e. The molecule has 1 fully saturated rings. The Morgan fingerprint density at radius 1 is 1.25 bits per heavy atom. The van der Waals surface area contributed by atoms with Crippen molar-refractivity contribution in [2.24, 2.45) is 11.8 Å². The summed E-state index contributed by atoms with van der Waals surface area (Å²) in [5, 5.41) is 4.20. The van der Waals surface area contributed by atoms with E-state index < -0.39 is 0 Å². The molecule has 2 atom stereocenters. The van der Waals surface area contributed by atoms with Crippen LogP contribution in [0.3, 0.4) is 0 Å². The van der Waals surface area contributed by atoms with Crippen LogP contribution in [0, 0.1) is 11.8 Å². The van der Waals surface area contributed by atoms with Gasteiger partial charge >= 0.3 is 0 Å². The zero-order valence-corrected chi connectivity index (χ0v) is 13.8. The zero-order chi connectivity index (χ0) is 14.4. The summed E-state index contributed by atoms with van der Waals surface area (Å²) >= 11 is 3.61. The van der Waals surface area contributed by atoms with Gasteiger partial charge in [-0.15, -0.1) is 0 Å². The minimum atomic E-state index is 0.0846. The van der Waals surface area contributed by atoms with E-state index in [4.69, 9.17) is 0 Å². The predicted molar refractivity (Wildman–Crippen MR) is 87.4 cm³/mol. The summed E-state index contributed by atoms with van der Waals surface area (Å²) in [7, 11) is 0. The van der Waals surface area contributed by atoms with Crippen LogP contribution in [0.4, 0.5) is 0 Å². The Hall–Kier alpha value is -0.830. The Labute approximate surface area is 130 Å². The fourth-order valence-corrected chi connectivity index (χ4v) is 3.98. The third-order valence-electron chi connectivity index (χ3n) is 4.43. The molecule has 1 amide bonds. The number of amides is 1. The maximum absolute atomic E-state index is 12.3. The van der Waals surface area contributed by atoms with Gasteiger partial charge in [-0.1, -0.05) is 53.9 Å². The summed E-state index contributed by atoms with van der Waals surface area (Å²) in [6, 6.07) is 7.90. The molecule has 0 aliphatic heterocycles. The molecular weight excluding hydrogens is 314 g/mol. The Kier molecular flexibility index (Phi) is 6.08. The van der Waals surface area contributed by atoms with Gasteiger partial charge in [-0.3, -0.25) is 4.79 Å². The van der Waals surface area contributed by atoms with Crippen molar-refractivity contribution in [3.63, 3.8) is 0 Å². The van der Waals surface area contributed by atoms with Crippen molar-refractivity contribution in [1.29, 1.82) is 0 Å². The lowest BCUT2D eigenvalue weighted by Crippen LogP contribution is -2.35. The van der Waals surface area contributed by atoms with Crippen LogP contribution in [0.25, 0.3) is 0 Å². The molecule has 20 heavy (non-hydrogen) atoms. The van der Waals surface area contributed by atoms with E-state index in [1.807, 2.05) is 24.3 Å². The summed E-state index contributed by atoms with van der Waals surface area (Å²) in [6.45, 7) is 2.90.